The maximum atomic E-state index is 12.1. The molecule has 0 bridgehead atoms. The zero-order valence-electron chi connectivity index (χ0n) is 14.5. The standard InChI is InChI=1S/C17H17N5O4/c1-10-4-5-13(25-3)12(8-10)19-14(23)9-26-16(24)15-20-17-18-7-6-11(2)22(17)21-15/h4-8H,9H2,1-3H3,(H,19,23). The molecule has 1 amide bonds. The Morgan fingerprint density at radius 1 is 1.23 bits per heavy atom. The summed E-state index contributed by atoms with van der Waals surface area (Å²) in [5, 5.41) is 6.68. The molecule has 0 fully saturated rings. The van der Waals surface area contributed by atoms with Crippen LogP contribution in [0.5, 0.6) is 5.75 Å². The summed E-state index contributed by atoms with van der Waals surface area (Å²) in [7, 11) is 1.51. The molecule has 1 N–H and O–H groups in total. The van der Waals surface area contributed by atoms with Crippen LogP contribution in [0.2, 0.25) is 0 Å². The number of rotatable bonds is 5. The topological polar surface area (TPSA) is 108 Å². The van der Waals surface area contributed by atoms with E-state index >= 15 is 0 Å². The molecule has 9 nitrogen and oxygen atoms in total. The molecule has 0 aliphatic rings. The van der Waals surface area contributed by atoms with Gasteiger partial charge in [0.2, 0.25) is 0 Å². The molecule has 0 saturated heterocycles. The number of fused-ring (bicyclic) bond motifs is 1. The molecule has 26 heavy (non-hydrogen) atoms. The molecule has 134 valence electrons. The van der Waals surface area contributed by atoms with Gasteiger partial charge < -0.3 is 14.8 Å². The number of hydrogen-bond donors (Lipinski definition) is 1. The van der Waals surface area contributed by atoms with E-state index in [0.717, 1.165) is 11.3 Å². The second-order valence-corrected chi connectivity index (χ2v) is 5.56. The number of carbonyl (C=O) groups excluding carboxylic acids is 2. The van der Waals surface area contributed by atoms with Gasteiger partial charge in [0.1, 0.15) is 5.75 Å². The SMILES string of the molecule is COc1ccc(C)cc1NC(=O)COC(=O)c1nc2nccc(C)n2n1. The van der Waals surface area contributed by atoms with Crippen LogP contribution in [0, 0.1) is 13.8 Å². The Bertz CT molecular complexity index is 982. The van der Waals surface area contributed by atoms with Crippen LogP contribution in [0.1, 0.15) is 21.9 Å². The highest BCUT2D eigenvalue weighted by Crippen LogP contribution is 2.25. The van der Waals surface area contributed by atoms with E-state index in [0.29, 0.717) is 11.4 Å². The molecule has 0 radical (unpaired) electrons. The zero-order valence-corrected chi connectivity index (χ0v) is 14.5. The molecule has 3 aromatic rings. The minimum Gasteiger partial charge on any atom is -0.495 e. The number of anilines is 1. The number of aromatic nitrogens is 4. The Morgan fingerprint density at radius 2 is 2.04 bits per heavy atom. The number of benzene rings is 1. The summed E-state index contributed by atoms with van der Waals surface area (Å²) >= 11 is 0. The molecule has 9 heteroatoms. The summed E-state index contributed by atoms with van der Waals surface area (Å²) < 4.78 is 11.6. The molecular weight excluding hydrogens is 338 g/mol. The summed E-state index contributed by atoms with van der Waals surface area (Å²) in [6.45, 7) is 3.22. The number of carbonyl (C=O) groups is 2. The molecule has 2 aromatic heterocycles. The van der Waals surface area contributed by atoms with Crippen LogP contribution in [0.15, 0.2) is 30.5 Å². The summed E-state index contributed by atoms with van der Waals surface area (Å²) in [5.74, 6) is -0.668. The average molecular weight is 355 g/mol. The number of hydrogen-bond acceptors (Lipinski definition) is 7. The fourth-order valence-corrected chi connectivity index (χ4v) is 2.29. The van der Waals surface area contributed by atoms with Gasteiger partial charge >= 0.3 is 5.97 Å². The molecule has 0 saturated carbocycles. The molecule has 0 aliphatic heterocycles. The molecule has 0 spiro atoms. The van der Waals surface area contributed by atoms with Crippen molar-refractivity contribution in [3.05, 3.63) is 47.5 Å². The summed E-state index contributed by atoms with van der Waals surface area (Å²) in [4.78, 5) is 32.1. The third-order valence-electron chi connectivity index (χ3n) is 3.58. The normalized spacial score (nSPS) is 10.6. The molecule has 3 rings (SSSR count). The van der Waals surface area contributed by atoms with Gasteiger partial charge in [0.05, 0.1) is 12.8 Å². The van der Waals surface area contributed by atoms with Gasteiger partial charge in [-0.15, -0.1) is 5.10 Å². The Hall–Kier alpha value is -3.49. The zero-order chi connectivity index (χ0) is 18.7. The number of amides is 1. The Morgan fingerprint density at radius 3 is 2.77 bits per heavy atom. The number of nitrogens with one attached hydrogen (secondary N) is 1. The number of methoxy groups -OCH3 is 1. The van der Waals surface area contributed by atoms with Gasteiger partial charge in [0.25, 0.3) is 17.5 Å². The highest BCUT2D eigenvalue weighted by Gasteiger charge is 2.18. The van der Waals surface area contributed by atoms with Crippen molar-refractivity contribution in [1.29, 1.82) is 0 Å². The van der Waals surface area contributed by atoms with E-state index in [1.165, 1.54) is 11.6 Å². The van der Waals surface area contributed by atoms with Gasteiger partial charge in [-0.25, -0.2) is 14.3 Å². The van der Waals surface area contributed by atoms with E-state index in [9.17, 15) is 9.59 Å². The van der Waals surface area contributed by atoms with Crippen LogP contribution in [0.25, 0.3) is 5.78 Å². The van der Waals surface area contributed by atoms with Crippen molar-refractivity contribution in [1.82, 2.24) is 19.6 Å². The largest absolute Gasteiger partial charge is 0.495 e. The lowest BCUT2D eigenvalue weighted by Gasteiger charge is -2.10. The summed E-state index contributed by atoms with van der Waals surface area (Å²) in [5.41, 5.74) is 2.22. The van der Waals surface area contributed by atoms with E-state index < -0.39 is 18.5 Å². The van der Waals surface area contributed by atoms with Gasteiger partial charge in [-0.1, -0.05) is 6.07 Å². The second-order valence-electron chi connectivity index (χ2n) is 5.56. The minimum atomic E-state index is -0.804. The van der Waals surface area contributed by atoms with Gasteiger partial charge in [0, 0.05) is 11.9 Å². The first-order valence-corrected chi connectivity index (χ1v) is 7.78. The fourth-order valence-electron chi connectivity index (χ4n) is 2.29. The van der Waals surface area contributed by atoms with E-state index in [1.54, 1.807) is 31.3 Å². The Labute approximate surface area is 149 Å². The molecule has 0 aliphatic carbocycles. The lowest BCUT2D eigenvalue weighted by Crippen LogP contribution is -2.21. The number of aryl methyl sites for hydroxylation is 2. The van der Waals surface area contributed by atoms with Gasteiger partial charge in [-0.2, -0.15) is 4.98 Å². The maximum absolute atomic E-state index is 12.1. The van der Waals surface area contributed by atoms with Crippen molar-refractivity contribution < 1.29 is 19.1 Å². The lowest BCUT2D eigenvalue weighted by atomic mass is 10.2. The van der Waals surface area contributed by atoms with Gasteiger partial charge in [-0.05, 0) is 37.6 Å². The van der Waals surface area contributed by atoms with Crippen LogP contribution in [0.4, 0.5) is 5.69 Å². The van der Waals surface area contributed by atoms with Crippen molar-refractivity contribution in [2.45, 2.75) is 13.8 Å². The van der Waals surface area contributed by atoms with Crippen molar-refractivity contribution in [2.24, 2.45) is 0 Å². The maximum Gasteiger partial charge on any atom is 0.378 e. The molecule has 2 heterocycles. The summed E-state index contributed by atoms with van der Waals surface area (Å²) in [6, 6.07) is 7.10. The predicted molar refractivity (Wildman–Crippen MR) is 92.2 cm³/mol. The first kappa shape index (κ1) is 17.3. The Kier molecular flexibility index (Phi) is 4.78. The van der Waals surface area contributed by atoms with Crippen LogP contribution in [-0.2, 0) is 9.53 Å². The van der Waals surface area contributed by atoms with Crippen molar-refractivity contribution in [3.63, 3.8) is 0 Å². The van der Waals surface area contributed by atoms with Crippen molar-refractivity contribution in [2.75, 3.05) is 19.0 Å². The van der Waals surface area contributed by atoms with Crippen molar-refractivity contribution >= 4 is 23.3 Å². The highest BCUT2D eigenvalue weighted by atomic mass is 16.5. The van der Waals surface area contributed by atoms with Crippen LogP contribution >= 0.6 is 0 Å². The average Bonchev–Trinajstić information content (AvgIpc) is 3.06. The fraction of sp³-hybridized carbons (Fsp3) is 0.235. The van der Waals surface area contributed by atoms with Gasteiger partial charge in [-0.3, -0.25) is 4.79 Å². The van der Waals surface area contributed by atoms with Crippen molar-refractivity contribution in [3.8, 4) is 5.75 Å². The number of nitrogens with zero attached hydrogens (tertiary/aromatic N) is 4. The first-order valence-electron chi connectivity index (χ1n) is 7.78. The highest BCUT2D eigenvalue weighted by molar-refractivity contribution is 5.95. The summed E-state index contributed by atoms with van der Waals surface area (Å²) in [6.07, 6.45) is 1.57. The van der Waals surface area contributed by atoms with Crippen LogP contribution in [0.3, 0.4) is 0 Å². The first-order chi connectivity index (χ1) is 12.5. The quantitative estimate of drug-likeness (QED) is 0.692. The second kappa shape index (κ2) is 7.18. The minimum absolute atomic E-state index is 0.160. The van der Waals surface area contributed by atoms with E-state index in [4.69, 9.17) is 9.47 Å². The monoisotopic (exact) mass is 355 g/mol. The Balaban J connectivity index is 1.64. The molecule has 0 atom stereocenters. The smallest absolute Gasteiger partial charge is 0.378 e. The van der Waals surface area contributed by atoms with Crippen LogP contribution in [-0.4, -0.2) is 45.2 Å². The van der Waals surface area contributed by atoms with Gasteiger partial charge in [0.15, 0.2) is 6.61 Å². The van der Waals surface area contributed by atoms with E-state index in [-0.39, 0.29) is 11.6 Å². The van der Waals surface area contributed by atoms with Crippen LogP contribution < -0.4 is 10.1 Å². The third-order valence-corrected chi connectivity index (χ3v) is 3.58. The molecular formula is C17H17N5O4. The predicted octanol–water partition coefficient (Wildman–Crippen LogP) is 1.55. The number of ether oxygens (including phenoxy) is 2. The lowest BCUT2D eigenvalue weighted by molar-refractivity contribution is -0.119. The van der Waals surface area contributed by atoms with E-state index in [2.05, 4.69) is 20.4 Å². The third kappa shape index (κ3) is 3.61. The number of esters is 1. The molecule has 0 unspecified atom stereocenters. The molecule has 1 aromatic carbocycles. The van der Waals surface area contributed by atoms with E-state index in [1.807, 2.05) is 13.0 Å².